The standard InChI is InChI=1S/C16H14F3N5O3/c1-23-12-3-2-10(16(17,18)19)4-9(12)5-13(23)15(27)20-6-11-7-24(22-21-11)8-14(25)26/h2-5,7H,6,8H2,1H3,(H,20,27)(H,25,26). The molecule has 1 aromatic carbocycles. The summed E-state index contributed by atoms with van der Waals surface area (Å²) in [5.41, 5.74) is 0.230. The molecule has 2 heterocycles. The van der Waals surface area contributed by atoms with E-state index in [0.717, 1.165) is 16.8 Å². The van der Waals surface area contributed by atoms with Gasteiger partial charge in [-0.3, -0.25) is 9.59 Å². The normalized spacial score (nSPS) is 11.7. The molecular formula is C16H14F3N5O3. The number of alkyl halides is 3. The average Bonchev–Trinajstić information content (AvgIpc) is 3.15. The molecule has 11 heteroatoms. The second kappa shape index (κ2) is 6.74. The molecule has 142 valence electrons. The van der Waals surface area contributed by atoms with Crippen LogP contribution in [-0.4, -0.2) is 36.5 Å². The third kappa shape index (κ3) is 3.91. The highest BCUT2D eigenvalue weighted by molar-refractivity contribution is 5.98. The van der Waals surface area contributed by atoms with Gasteiger partial charge >= 0.3 is 12.1 Å². The number of carbonyl (C=O) groups is 2. The number of hydrogen-bond donors (Lipinski definition) is 2. The van der Waals surface area contributed by atoms with Crippen LogP contribution in [0, 0.1) is 0 Å². The Balaban J connectivity index is 1.76. The van der Waals surface area contributed by atoms with Gasteiger partial charge in [-0.05, 0) is 24.3 Å². The van der Waals surface area contributed by atoms with Crippen LogP contribution in [-0.2, 0) is 31.1 Å². The molecular weight excluding hydrogens is 367 g/mol. The molecule has 0 atom stereocenters. The first-order valence-electron chi connectivity index (χ1n) is 7.71. The lowest BCUT2D eigenvalue weighted by Crippen LogP contribution is -2.25. The highest BCUT2D eigenvalue weighted by Gasteiger charge is 2.30. The summed E-state index contributed by atoms with van der Waals surface area (Å²) in [5.74, 6) is -1.58. The Labute approximate surface area is 150 Å². The van der Waals surface area contributed by atoms with Crippen molar-refractivity contribution in [1.82, 2.24) is 24.9 Å². The number of fused-ring (bicyclic) bond motifs is 1. The molecule has 0 unspecified atom stereocenters. The zero-order chi connectivity index (χ0) is 19.8. The molecule has 2 aromatic heterocycles. The Morgan fingerprint density at radius 3 is 2.67 bits per heavy atom. The maximum absolute atomic E-state index is 12.8. The molecule has 0 saturated carbocycles. The van der Waals surface area contributed by atoms with E-state index in [2.05, 4.69) is 15.6 Å². The van der Waals surface area contributed by atoms with Crippen LogP contribution in [0.3, 0.4) is 0 Å². The van der Waals surface area contributed by atoms with Crippen molar-refractivity contribution in [2.75, 3.05) is 0 Å². The van der Waals surface area contributed by atoms with E-state index in [9.17, 15) is 22.8 Å². The van der Waals surface area contributed by atoms with Crippen LogP contribution in [0.15, 0.2) is 30.5 Å². The number of halogens is 3. The minimum Gasteiger partial charge on any atom is -0.480 e. The van der Waals surface area contributed by atoms with Gasteiger partial charge in [0.25, 0.3) is 5.91 Å². The van der Waals surface area contributed by atoms with Crippen molar-refractivity contribution in [1.29, 1.82) is 0 Å². The van der Waals surface area contributed by atoms with E-state index in [1.165, 1.54) is 22.9 Å². The van der Waals surface area contributed by atoms with E-state index in [1.54, 1.807) is 7.05 Å². The van der Waals surface area contributed by atoms with Gasteiger partial charge in [-0.15, -0.1) is 5.10 Å². The van der Waals surface area contributed by atoms with Crippen molar-refractivity contribution >= 4 is 22.8 Å². The number of nitrogens with one attached hydrogen (secondary N) is 1. The van der Waals surface area contributed by atoms with Crippen molar-refractivity contribution in [3.63, 3.8) is 0 Å². The smallest absolute Gasteiger partial charge is 0.416 e. The molecule has 8 nitrogen and oxygen atoms in total. The van der Waals surface area contributed by atoms with Gasteiger partial charge < -0.3 is 15.0 Å². The van der Waals surface area contributed by atoms with Crippen LogP contribution in [0.5, 0.6) is 0 Å². The Hall–Kier alpha value is -3.37. The van der Waals surface area contributed by atoms with Crippen LogP contribution in [0.1, 0.15) is 21.7 Å². The molecule has 1 amide bonds. The number of carboxylic acids is 1. The van der Waals surface area contributed by atoms with Crippen LogP contribution in [0.25, 0.3) is 10.9 Å². The lowest BCUT2D eigenvalue weighted by atomic mass is 10.1. The fourth-order valence-corrected chi connectivity index (χ4v) is 2.64. The molecule has 2 N–H and O–H groups in total. The lowest BCUT2D eigenvalue weighted by molar-refractivity contribution is -0.138. The Morgan fingerprint density at radius 2 is 2.00 bits per heavy atom. The number of rotatable bonds is 5. The summed E-state index contributed by atoms with van der Waals surface area (Å²) >= 11 is 0. The maximum Gasteiger partial charge on any atom is 0.416 e. The van der Waals surface area contributed by atoms with Gasteiger partial charge in [-0.1, -0.05) is 5.21 Å². The molecule has 0 aliphatic carbocycles. The third-order valence-corrected chi connectivity index (χ3v) is 3.92. The minimum atomic E-state index is -4.46. The Morgan fingerprint density at radius 1 is 1.26 bits per heavy atom. The molecule has 3 aromatic rings. The molecule has 0 fully saturated rings. The molecule has 27 heavy (non-hydrogen) atoms. The SMILES string of the molecule is Cn1c(C(=O)NCc2cn(CC(=O)O)nn2)cc2cc(C(F)(F)F)ccc21. The second-order valence-electron chi connectivity index (χ2n) is 5.84. The summed E-state index contributed by atoms with van der Waals surface area (Å²) in [6.07, 6.45) is -3.08. The van der Waals surface area contributed by atoms with Gasteiger partial charge in [0.15, 0.2) is 0 Å². The molecule has 0 aliphatic rings. The summed E-state index contributed by atoms with van der Waals surface area (Å²) in [7, 11) is 1.58. The maximum atomic E-state index is 12.8. The van der Waals surface area contributed by atoms with Gasteiger partial charge in [-0.25, -0.2) is 4.68 Å². The van der Waals surface area contributed by atoms with Gasteiger partial charge in [-0.2, -0.15) is 13.2 Å². The van der Waals surface area contributed by atoms with Crippen LogP contribution in [0.2, 0.25) is 0 Å². The van der Waals surface area contributed by atoms with Gasteiger partial charge in [0.05, 0.1) is 18.3 Å². The van der Waals surface area contributed by atoms with E-state index in [1.807, 2.05) is 0 Å². The van der Waals surface area contributed by atoms with Crippen LogP contribution < -0.4 is 5.32 Å². The summed E-state index contributed by atoms with van der Waals surface area (Å²) in [6.45, 7) is -0.362. The van der Waals surface area contributed by atoms with Crippen molar-refractivity contribution < 1.29 is 27.9 Å². The first kappa shape index (κ1) is 18.4. The summed E-state index contributed by atoms with van der Waals surface area (Å²) in [6, 6.07) is 4.64. The number of hydrogen-bond acceptors (Lipinski definition) is 4. The quantitative estimate of drug-likeness (QED) is 0.702. The zero-order valence-electron chi connectivity index (χ0n) is 14.0. The summed E-state index contributed by atoms with van der Waals surface area (Å²) < 4.78 is 41.1. The zero-order valence-corrected chi connectivity index (χ0v) is 14.0. The largest absolute Gasteiger partial charge is 0.480 e. The van der Waals surface area contributed by atoms with E-state index in [0.29, 0.717) is 16.6 Å². The van der Waals surface area contributed by atoms with E-state index in [4.69, 9.17) is 5.11 Å². The highest BCUT2D eigenvalue weighted by atomic mass is 19.4. The first-order valence-corrected chi connectivity index (χ1v) is 7.71. The van der Waals surface area contributed by atoms with Gasteiger partial charge in [0, 0.05) is 18.0 Å². The highest BCUT2D eigenvalue weighted by Crippen LogP contribution is 2.32. The molecule has 0 spiro atoms. The topological polar surface area (TPSA) is 102 Å². The van der Waals surface area contributed by atoms with Crippen molar-refractivity contribution in [2.45, 2.75) is 19.3 Å². The predicted molar refractivity (Wildman–Crippen MR) is 86.7 cm³/mol. The number of amides is 1. The van der Waals surface area contributed by atoms with Crippen LogP contribution >= 0.6 is 0 Å². The van der Waals surface area contributed by atoms with E-state index < -0.39 is 23.6 Å². The Kier molecular flexibility index (Phi) is 4.60. The van der Waals surface area contributed by atoms with Crippen molar-refractivity contribution in [2.24, 2.45) is 7.05 Å². The fourth-order valence-electron chi connectivity index (χ4n) is 2.64. The fraction of sp³-hybridized carbons (Fsp3) is 0.250. The number of carbonyl (C=O) groups excluding carboxylic acids is 1. The molecule has 0 saturated heterocycles. The summed E-state index contributed by atoms with van der Waals surface area (Å²) in [5, 5.41) is 18.9. The van der Waals surface area contributed by atoms with Gasteiger partial charge in [0.2, 0.25) is 0 Å². The Bertz CT molecular complexity index is 1020. The summed E-state index contributed by atoms with van der Waals surface area (Å²) in [4.78, 5) is 23.0. The number of carboxylic acid groups (broad SMARTS) is 1. The molecule has 0 radical (unpaired) electrons. The van der Waals surface area contributed by atoms with Crippen LogP contribution in [0.4, 0.5) is 13.2 Å². The predicted octanol–water partition coefficient (Wildman–Crippen LogP) is 1.80. The third-order valence-electron chi connectivity index (χ3n) is 3.92. The van der Waals surface area contributed by atoms with E-state index in [-0.39, 0.29) is 18.8 Å². The average molecular weight is 381 g/mol. The first-order chi connectivity index (χ1) is 12.6. The monoisotopic (exact) mass is 381 g/mol. The van der Waals surface area contributed by atoms with Gasteiger partial charge in [0.1, 0.15) is 17.9 Å². The number of aryl methyl sites for hydroxylation is 1. The number of aliphatic carboxylic acids is 1. The van der Waals surface area contributed by atoms with Crippen molar-refractivity contribution in [3.8, 4) is 0 Å². The number of aromatic nitrogens is 4. The minimum absolute atomic E-state index is 0.00617. The molecule has 0 aliphatic heterocycles. The van der Waals surface area contributed by atoms with E-state index >= 15 is 0 Å². The molecule has 3 rings (SSSR count). The number of benzene rings is 1. The lowest BCUT2D eigenvalue weighted by Gasteiger charge is -2.07. The number of nitrogens with zero attached hydrogens (tertiary/aromatic N) is 4. The van der Waals surface area contributed by atoms with Crippen molar-refractivity contribution in [3.05, 3.63) is 47.4 Å². The molecule has 0 bridgehead atoms. The second-order valence-corrected chi connectivity index (χ2v) is 5.84.